The van der Waals surface area contributed by atoms with Crippen LogP contribution in [-0.2, 0) is 4.74 Å². The van der Waals surface area contributed by atoms with E-state index >= 15 is 0 Å². The molecule has 0 radical (unpaired) electrons. The molecule has 1 aromatic heterocycles. The number of aromatic amines is 2. The summed E-state index contributed by atoms with van der Waals surface area (Å²) in [5.41, 5.74) is 3.47. The molecule has 0 aliphatic carbocycles. The minimum atomic E-state index is -0.403. The Balaban J connectivity index is 1.86. The number of hydrogen-bond donors (Lipinski definition) is 3. The SMILES string of the molecule is COC(=O)c1ccc(C2C=C(c3ccccc3)Nc3[nH]c(=S)[nH]c(=O)c32)cc1. The Labute approximate surface area is 165 Å². The molecule has 7 heteroatoms. The van der Waals surface area contributed by atoms with Gasteiger partial charge in [-0.1, -0.05) is 42.5 Å². The highest BCUT2D eigenvalue weighted by Gasteiger charge is 2.26. The number of aromatic nitrogens is 2. The minimum absolute atomic E-state index is 0.253. The molecular formula is C21H17N3O3S. The Hall–Kier alpha value is -3.45. The number of esters is 1. The molecule has 1 atom stereocenters. The van der Waals surface area contributed by atoms with Gasteiger partial charge >= 0.3 is 5.97 Å². The molecule has 2 heterocycles. The van der Waals surface area contributed by atoms with Gasteiger partial charge in [0, 0.05) is 11.6 Å². The minimum Gasteiger partial charge on any atom is -0.465 e. The summed E-state index contributed by atoms with van der Waals surface area (Å²) in [7, 11) is 1.34. The first kappa shape index (κ1) is 17.9. The molecule has 1 aliphatic heterocycles. The van der Waals surface area contributed by atoms with E-state index in [1.165, 1.54) is 7.11 Å². The van der Waals surface area contributed by atoms with Gasteiger partial charge < -0.3 is 15.0 Å². The van der Waals surface area contributed by atoms with Gasteiger partial charge in [0.1, 0.15) is 5.82 Å². The summed E-state index contributed by atoms with van der Waals surface area (Å²) in [6, 6.07) is 16.9. The number of allylic oxidation sites excluding steroid dienone is 1. The standard InChI is InChI=1S/C21H17N3O3S/c1-27-20(26)14-9-7-12(8-10-14)15-11-16(13-5-3-2-4-6-13)22-18-17(15)19(25)24-21(28)23-18/h2-11,15H,1H3,(H3,22,23,24,25,28). The van der Waals surface area contributed by atoms with Gasteiger partial charge in [-0.3, -0.25) is 9.78 Å². The molecule has 0 saturated carbocycles. The molecule has 3 aromatic rings. The number of rotatable bonds is 3. The van der Waals surface area contributed by atoms with Crippen molar-refractivity contribution in [3.05, 3.63) is 98.1 Å². The second kappa shape index (κ2) is 7.28. The van der Waals surface area contributed by atoms with E-state index in [-0.39, 0.29) is 16.2 Å². The maximum Gasteiger partial charge on any atom is 0.337 e. The van der Waals surface area contributed by atoms with Crippen LogP contribution in [0, 0.1) is 4.77 Å². The van der Waals surface area contributed by atoms with Gasteiger partial charge in [-0.05, 0) is 41.6 Å². The molecule has 140 valence electrons. The summed E-state index contributed by atoms with van der Waals surface area (Å²) in [6.07, 6.45) is 2.00. The largest absolute Gasteiger partial charge is 0.465 e. The Morgan fingerprint density at radius 2 is 1.75 bits per heavy atom. The van der Waals surface area contributed by atoms with Crippen molar-refractivity contribution in [3.8, 4) is 0 Å². The number of carbonyl (C=O) groups is 1. The zero-order chi connectivity index (χ0) is 19.7. The van der Waals surface area contributed by atoms with Crippen LogP contribution in [0.1, 0.15) is 33.0 Å². The van der Waals surface area contributed by atoms with Crippen molar-refractivity contribution in [2.75, 3.05) is 12.4 Å². The zero-order valence-electron chi connectivity index (χ0n) is 15.0. The van der Waals surface area contributed by atoms with Crippen molar-refractivity contribution in [3.63, 3.8) is 0 Å². The predicted octanol–water partition coefficient (Wildman–Crippen LogP) is 3.82. The van der Waals surface area contributed by atoms with Crippen molar-refractivity contribution in [2.45, 2.75) is 5.92 Å². The topological polar surface area (TPSA) is 87.0 Å². The summed E-state index contributed by atoms with van der Waals surface area (Å²) in [5, 5.41) is 3.28. The van der Waals surface area contributed by atoms with E-state index in [2.05, 4.69) is 15.3 Å². The van der Waals surface area contributed by atoms with Crippen LogP contribution in [0.25, 0.3) is 5.70 Å². The van der Waals surface area contributed by atoms with Crippen LogP contribution in [0.2, 0.25) is 0 Å². The number of hydrogen-bond acceptors (Lipinski definition) is 5. The van der Waals surface area contributed by atoms with Crippen LogP contribution in [0.4, 0.5) is 5.82 Å². The van der Waals surface area contributed by atoms with Gasteiger partial charge in [-0.25, -0.2) is 4.79 Å². The molecule has 3 N–H and O–H groups in total. The molecule has 0 amide bonds. The highest BCUT2D eigenvalue weighted by atomic mass is 32.1. The number of benzene rings is 2. The molecule has 6 nitrogen and oxygen atoms in total. The van der Waals surface area contributed by atoms with Crippen LogP contribution in [0.15, 0.2) is 65.5 Å². The fourth-order valence-corrected chi connectivity index (χ4v) is 3.51. The third-order valence-corrected chi connectivity index (χ3v) is 4.86. The average Bonchev–Trinajstić information content (AvgIpc) is 2.72. The maximum atomic E-state index is 12.6. The summed E-state index contributed by atoms with van der Waals surface area (Å²) in [4.78, 5) is 30.1. The van der Waals surface area contributed by atoms with Crippen LogP contribution < -0.4 is 10.9 Å². The number of carbonyl (C=O) groups excluding carboxylic acids is 1. The Morgan fingerprint density at radius 3 is 2.43 bits per heavy atom. The second-order valence-electron chi connectivity index (χ2n) is 6.36. The summed E-state index contributed by atoms with van der Waals surface area (Å²) >= 11 is 5.13. The van der Waals surface area contributed by atoms with Gasteiger partial charge in [0.15, 0.2) is 4.77 Å². The average molecular weight is 391 g/mol. The van der Waals surface area contributed by atoms with E-state index in [9.17, 15) is 9.59 Å². The molecule has 0 fully saturated rings. The van der Waals surface area contributed by atoms with Crippen molar-refractivity contribution < 1.29 is 9.53 Å². The normalized spacial score (nSPS) is 15.2. The van der Waals surface area contributed by atoms with Crippen LogP contribution >= 0.6 is 12.2 Å². The van der Waals surface area contributed by atoms with E-state index in [1.807, 2.05) is 48.5 Å². The molecule has 1 unspecified atom stereocenters. The number of nitrogens with one attached hydrogen (secondary N) is 3. The zero-order valence-corrected chi connectivity index (χ0v) is 15.8. The first-order valence-corrected chi connectivity index (χ1v) is 9.06. The molecular weight excluding hydrogens is 374 g/mol. The lowest BCUT2D eigenvalue weighted by Crippen LogP contribution is -2.24. The molecule has 2 aromatic carbocycles. The lowest BCUT2D eigenvalue weighted by atomic mass is 9.87. The van der Waals surface area contributed by atoms with Gasteiger partial charge in [-0.15, -0.1) is 0 Å². The predicted molar refractivity (Wildman–Crippen MR) is 110 cm³/mol. The highest BCUT2D eigenvalue weighted by molar-refractivity contribution is 7.71. The monoisotopic (exact) mass is 391 g/mol. The summed E-state index contributed by atoms with van der Waals surface area (Å²) in [6.45, 7) is 0. The van der Waals surface area contributed by atoms with Gasteiger partial charge in [-0.2, -0.15) is 0 Å². The molecule has 28 heavy (non-hydrogen) atoms. The molecule has 4 rings (SSSR count). The van der Waals surface area contributed by atoms with Crippen molar-refractivity contribution in [2.24, 2.45) is 0 Å². The quantitative estimate of drug-likeness (QED) is 0.467. The Morgan fingerprint density at radius 1 is 1.04 bits per heavy atom. The van der Waals surface area contributed by atoms with E-state index in [1.54, 1.807) is 12.1 Å². The third kappa shape index (κ3) is 3.27. The summed E-state index contributed by atoms with van der Waals surface area (Å²) < 4.78 is 5.01. The Kier molecular flexibility index (Phi) is 4.67. The smallest absolute Gasteiger partial charge is 0.337 e. The lowest BCUT2D eigenvalue weighted by molar-refractivity contribution is 0.0600. The van der Waals surface area contributed by atoms with Gasteiger partial charge in [0.05, 0.1) is 18.2 Å². The van der Waals surface area contributed by atoms with Crippen LogP contribution in [-0.4, -0.2) is 23.0 Å². The maximum absolute atomic E-state index is 12.6. The number of H-pyrrole nitrogens is 2. The Bertz CT molecular complexity index is 1180. The third-order valence-electron chi connectivity index (χ3n) is 4.66. The lowest BCUT2D eigenvalue weighted by Gasteiger charge is -2.25. The molecule has 0 bridgehead atoms. The van der Waals surface area contributed by atoms with Crippen molar-refractivity contribution in [1.82, 2.24) is 9.97 Å². The van der Waals surface area contributed by atoms with Crippen LogP contribution in [0.5, 0.6) is 0 Å². The first-order chi connectivity index (χ1) is 13.6. The highest BCUT2D eigenvalue weighted by Crippen LogP contribution is 2.36. The number of fused-ring (bicyclic) bond motifs is 1. The van der Waals surface area contributed by atoms with E-state index in [0.717, 1.165) is 16.8 Å². The van der Waals surface area contributed by atoms with E-state index in [0.29, 0.717) is 16.9 Å². The van der Waals surface area contributed by atoms with Crippen LogP contribution in [0.3, 0.4) is 0 Å². The summed E-state index contributed by atoms with van der Waals surface area (Å²) in [5.74, 6) is -0.148. The van der Waals surface area contributed by atoms with Gasteiger partial charge in [0.2, 0.25) is 0 Å². The molecule has 0 saturated heterocycles. The first-order valence-electron chi connectivity index (χ1n) is 8.66. The van der Waals surface area contributed by atoms with Crippen molar-refractivity contribution >= 4 is 29.7 Å². The molecule has 1 aliphatic rings. The van der Waals surface area contributed by atoms with Gasteiger partial charge in [0.25, 0.3) is 5.56 Å². The second-order valence-corrected chi connectivity index (χ2v) is 6.77. The molecule has 0 spiro atoms. The van der Waals surface area contributed by atoms with E-state index < -0.39 is 5.97 Å². The fourth-order valence-electron chi connectivity index (χ4n) is 3.31. The number of ether oxygens (including phenoxy) is 1. The van der Waals surface area contributed by atoms with Crippen molar-refractivity contribution in [1.29, 1.82) is 0 Å². The number of anilines is 1. The van der Waals surface area contributed by atoms with E-state index in [4.69, 9.17) is 17.0 Å². The fraction of sp³-hybridized carbons (Fsp3) is 0.0952. The number of methoxy groups -OCH3 is 1.